The number of carbonyl (C=O) groups excluding carboxylic acids is 1. The average molecular weight is 331 g/mol. The van der Waals surface area contributed by atoms with E-state index in [0.29, 0.717) is 30.5 Å². The summed E-state index contributed by atoms with van der Waals surface area (Å²) in [6.07, 6.45) is 1.33. The van der Waals surface area contributed by atoms with Gasteiger partial charge in [0.25, 0.3) is 5.91 Å². The molecule has 0 bridgehead atoms. The fourth-order valence-corrected chi connectivity index (χ4v) is 4.14. The van der Waals surface area contributed by atoms with Crippen molar-refractivity contribution in [2.75, 3.05) is 40.3 Å². The molecule has 24 heavy (non-hydrogen) atoms. The van der Waals surface area contributed by atoms with Gasteiger partial charge in [-0.05, 0) is 51.7 Å². The van der Waals surface area contributed by atoms with Crippen LogP contribution in [0.4, 0.5) is 0 Å². The highest BCUT2D eigenvalue weighted by molar-refractivity contribution is 6.01. The number of likely N-dealkylation sites (N-methyl/N-ethyl adjacent to an activating group) is 1. The number of piperidine rings is 1. The maximum absolute atomic E-state index is 13.2. The van der Waals surface area contributed by atoms with Gasteiger partial charge in [0.05, 0.1) is 5.54 Å². The summed E-state index contributed by atoms with van der Waals surface area (Å²) in [5.74, 6) is -1.55. The smallest absolute Gasteiger partial charge is 0.313 e. The van der Waals surface area contributed by atoms with Crippen molar-refractivity contribution in [3.63, 3.8) is 0 Å². The van der Waals surface area contributed by atoms with Crippen LogP contribution in [0.2, 0.25) is 0 Å². The third-order valence-corrected chi connectivity index (χ3v) is 5.31. The first-order valence-electron chi connectivity index (χ1n) is 8.46. The molecule has 1 unspecified atom stereocenters. The molecule has 1 saturated heterocycles. The van der Waals surface area contributed by atoms with Crippen molar-refractivity contribution in [1.82, 2.24) is 15.1 Å². The van der Waals surface area contributed by atoms with E-state index < -0.39 is 17.4 Å². The topological polar surface area (TPSA) is 72.9 Å². The summed E-state index contributed by atoms with van der Waals surface area (Å²) in [4.78, 5) is 29.2. The molecule has 0 saturated carbocycles. The van der Waals surface area contributed by atoms with Crippen molar-refractivity contribution in [2.24, 2.45) is 0 Å². The van der Waals surface area contributed by atoms with Crippen molar-refractivity contribution in [3.05, 3.63) is 35.4 Å². The first-order chi connectivity index (χ1) is 11.5. The van der Waals surface area contributed by atoms with Gasteiger partial charge in [0.1, 0.15) is 5.92 Å². The number of hydrogen-bond donors (Lipinski definition) is 2. The number of carbonyl (C=O) groups is 2. The van der Waals surface area contributed by atoms with Crippen molar-refractivity contribution < 1.29 is 14.7 Å². The van der Waals surface area contributed by atoms with Gasteiger partial charge in [-0.15, -0.1) is 0 Å². The van der Waals surface area contributed by atoms with Crippen LogP contribution in [-0.2, 0) is 4.79 Å². The molecule has 6 nitrogen and oxygen atoms in total. The molecule has 1 atom stereocenters. The van der Waals surface area contributed by atoms with Gasteiger partial charge < -0.3 is 20.2 Å². The van der Waals surface area contributed by atoms with E-state index in [2.05, 4.69) is 5.32 Å². The van der Waals surface area contributed by atoms with Gasteiger partial charge in [0, 0.05) is 18.7 Å². The zero-order valence-electron chi connectivity index (χ0n) is 14.3. The minimum absolute atomic E-state index is 0.0353. The first-order valence-corrected chi connectivity index (χ1v) is 8.46. The maximum Gasteiger partial charge on any atom is 0.313 e. The summed E-state index contributed by atoms with van der Waals surface area (Å²) in [7, 11) is 3.93. The third kappa shape index (κ3) is 2.70. The minimum Gasteiger partial charge on any atom is -0.481 e. The number of carboxylic acid groups (broad SMARTS) is 1. The van der Waals surface area contributed by atoms with Crippen LogP contribution in [0.15, 0.2) is 24.3 Å². The molecule has 2 aliphatic rings. The lowest BCUT2D eigenvalue weighted by Crippen LogP contribution is -2.64. The predicted molar refractivity (Wildman–Crippen MR) is 91.2 cm³/mol. The second-order valence-corrected chi connectivity index (χ2v) is 6.97. The van der Waals surface area contributed by atoms with Gasteiger partial charge in [-0.2, -0.15) is 0 Å². The summed E-state index contributed by atoms with van der Waals surface area (Å²) in [6.45, 7) is 2.73. The van der Waals surface area contributed by atoms with Crippen molar-refractivity contribution >= 4 is 11.9 Å². The Morgan fingerprint density at radius 1 is 1.33 bits per heavy atom. The largest absolute Gasteiger partial charge is 0.481 e. The molecule has 1 aromatic rings. The van der Waals surface area contributed by atoms with E-state index in [1.54, 1.807) is 18.2 Å². The molecule has 0 aromatic heterocycles. The highest BCUT2D eigenvalue weighted by Crippen LogP contribution is 2.46. The molecular formula is C18H25N3O3. The summed E-state index contributed by atoms with van der Waals surface area (Å²) in [5, 5.41) is 13.3. The monoisotopic (exact) mass is 331 g/mol. The van der Waals surface area contributed by atoms with Gasteiger partial charge in [0.2, 0.25) is 0 Å². The number of fused-ring (bicyclic) bond motifs is 1. The van der Waals surface area contributed by atoms with Crippen LogP contribution < -0.4 is 5.32 Å². The Morgan fingerprint density at radius 3 is 2.62 bits per heavy atom. The van der Waals surface area contributed by atoms with E-state index in [0.717, 1.165) is 19.6 Å². The molecule has 1 amide bonds. The molecule has 130 valence electrons. The normalized spacial score (nSPS) is 22.7. The van der Waals surface area contributed by atoms with Crippen LogP contribution in [0, 0.1) is 0 Å². The van der Waals surface area contributed by atoms with E-state index >= 15 is 0 Å². The molecule has 2 N–H and O–H groups in total. The molecule has 1 spiro atoms. The van der Waals surface area contributed by atoms with E-state index in [4.69, 9.17) is 0 Å². The summed E-state index contributed by atoms with van der Waals surface area (Å²) in [5.41, 5.74) is 0.559. The number of amides is 1. The maximum atomic E-state index is 13.2. The lowest BCUT2D eigenvalue weighted by Gasteiger charge is -2.53. The number of rotatable bonds is 4. The number of nitrogens with zero attached hydrogens (tertiary/aromatic N) is 2. The number of benzene rings is 1. The lowest BCUT2D eigenvalue weighted by atomic mass is 9.68. The zero-order valence-corrected chi connectivity index (χ0v) is 14.3. The highest BCUT2D eigenvalue weighted by Gasteiger charge is 2.54. The quantitative estimate of drug-likeness (QED) is 0.861. The Hall–Kier alpha value is -1.92. The predicted octanol–water partition coefficient (Wildman–Crippen LogP) is 0.994. The summed E-state index contributed by atoms with van der Waals surface area (Å²) >= 11 is 0. The lowest BCUT2D eigenvalue weighted by molar-refractivity contribution is -0.143. The zero-order chi connectivity index (χ0) is 17.3. The molecular weight excluding hydrogens is 306 g/mol. The molecule has 0 aliphatic carbocycles. The third-order valence-electron chi connectivity index (χ3n) is 5.31. The van der Waals surface area contributed by atoms with Crippen LogP contribution >= 0.6 is 0 Å². The molecule has 2 heterocycles. The SMILES string of the molecule is CN(C)CCN1C(=O)c2ccccc2C(C(=O)O)C12CCNCC2. The van der Waals surface area contributed by atoms with Gasteiger partial charge in [0.15, 0.2) is 0 Å². The Labute approximate surface area is 142 Å². The fourth-order valence-electron chi connectivity index (χ4n) is 4.14. The Balaban J connectivity index is 2.12. The average Bonchev–Trinajstić information content (AvgIpc) is 2.55. The van der Waals surface area contributed by atoms with Crippen LogP contribution in [-0.4, -0.2) is 72.6 Å². The highest BCUT2D eigenvalue weighted by atomic mass is 16.4. The number of hydrogen-bond acceptors (Lipinski definition) is 4. The van der Waals surface area contributed by atoms with Crippen LogP contribution in [0.1, 0.15) is 34.7 Å². The molecule has 3 rings (SSSR count). The standard InChI is InChI=1S/C18H25N3O3/c1-20(2)11-12-21-16(22)14-6-4-3-5-13(14)15(17(23)24)18(21)7-9-19-10-8-18/h3-6,15,19H,7-12H2,1-2H3,(H,23,24). The second kappa shape index (κ2) is 6.53. The summed E-state index contributed by atoms with van der Waals surface area (Å²) in [6, 6.07) is 7.19. The molecule has 1 fully saturated rings. The second-order valence-electron chi connectivity index (χ2n) is 6.97. The fraction of sp³-hybridized carbons (Fsp3) is 0.556. The minimum atomic E-state index is -0.841. The van der Waals surface area contributed by atoms with E-state index in [1.807, 2.05) is 30.0 Å². The van der Waals surface area contributed by atoms with Crippen molar-refractivity contribution in [3.8, 4) is 0 Å². The summed E-state index contributed by atoms with van der Waals surface area (Å²) < 4.78 is 0. The number of aliphatic carboxylic acids is 1. The first kappa shape index (κ1) is 16.9. The molecule has 6 heteroatoms. The van der Waals surface area contributed by atoms with Gasteiger partial charge in [-0.3, -0.25) is 9.59 Å². The van der Waals surface area contributed by atoms with Crippen molar-refractivity contribution in [2.45, 2.75) is 24.3 Å². The van der Waals surface area contributed by atoms with Gasteiger partial charge in [-0.1, -0.05) is 18.2 Å². The Bertz CT molecular complexity index is 638. The molecule has 1 aromatic carbocycles. The van der Waals surface area contributed by atoms with Crippen molar-refractivity contribution in [1.29, 1.82) is 0 Å². The van der Waals surface area contributed by atoms with Gasteiger partial charge >= 0.3 is 5.97 Å². The van der Waals surface area contributed by atoms with E-state index in [9.17, 15) is 14.7 Å². The van der Waals surface area contributed by atoms with E-state index in [-0.39, 0.29) is 5.91 Å². The number of nitrogens with one attached hydrogen (secondary N) is 1. The van der Waals surface area contributed by atoms with Crippen LogP contribution in [0.3, 0.4) is 0 Å². The number of carboxylic acids is 1. The Morgan fingerprint density at radius 2 is 2.00 bits per heavy atom. The molecule has 0 radical (unpaired) electrons. The van der Waals surface area contributed by atoms with E-state index in [1.165, 1.54) is 0 Å². The van der Waals surface area contributed by atoms with Crippen LogP contribution in [0.5, 0.6) is 0 Å². The van der Waals surface area contributed by atoms with Crippen LogP contribution in [0.25, 0.3) is 0 Å². The Kier molecular flexibility index (Phi) is 4.60. The van der Waals surface area contributed by atoms with Gasteiger partial charge in [-0.25, -0.2) is 0 Å². The molecule has 2 aliphatic heterocycles.